The van der Waals surface area contributed by atoms with E-state index >= 15 is 0 Å². The van der Waals surface area contributed by atoms with Crippen LogP contribution in [0.4, 0.5) is 0 Å². The van der Waals surface area contributed by atoms with Gasteiger partial charge in [-0.25, -0.2) is 0 Å². The summed E-state index contributed by atoms with van der Waals surface area (Å²) in [5.74, 6) is -0.875. The van der Waals surface area contributed by atoms with Crippen molar-refractivity contribution in [2.24, 2.45) is 0 Å². The minimum Gasteiger partial charge on any atom is -0.462 e. The molecule has 0 aromatic rings. The van der Waals surface area contributed by atoms with E-state index in [0.29, 0.717) is 19.3 Å². The zero-order chi connectivity index (χ0) is 52.9. The fourth-order valence-corrected chi connectivity index (χ4v) is 9.25. The molecule has 0 bridgehead atoms. The predicted octanol–water partition coefficient (Wildman–Crippen LogP) is 21.6. The number of hydrogen-bond donors (Lipinski definition) is 0. The largest absolute Gasteiger partial charge is 0.462 e. The van der Waals surface area contributed by atoms with Gasteiger partial charge in [0.1, 0.15) is 13.2 Å². The van der Waals surface area contributed by atoms with E-state index in [0.717, 1.165) is 96.3 Å². The Kier molecular flexibility index (Phi) is 59.2. The number of allylic oxidation sites excluding steroid dienone is 10. The van der Waals surface area contributed by atoms with Crippen LogP contribution in [-0.4, -0.2) is 37.2 Å². The summed E-state index contributed by atoms with van der Waals surface area (Å²) < 4.78 is 16.9. The van der Waals surface area contributed by atoms with Crippen molar-refractivity contribution in [2.45, 2.75) is 335 Å². The van der Waals surface area contributed by atoms with Gasteiger partial charge in [-0.15, -0.1) is 0 Å². The average Bonchev–Trinajstić information content (AvgIpc) is 3.39. The van der Waals surface area contributed by atoms with Crippen molar-refractivity contribution in [3.8, 4) is 0 Å². The second-order valence-corrected chi connectivity index (χ2v) is 21.3. The molecule has 0 saturated heterocycles. The van der Waals surface area contributed by atoms with Gasteiger partial charge in [0.15, 0.2) is 6.10 Å². The van der Waals surface area contributed by atoms with Gasteiger partial charge in [0.25, 0.3) is 0 Å². The molecule has 73 heavy (non-hydrogen) atoms. The Morgan fingerprint density at radius 2 is 0.534 bits per heavy atom. The fourth-order valence-electron chi connectivity index (χ4n) is 9.25. The average molecular weight is 1020 g/mol. The van der Waals surface area contributed by atoms with Crippen LogP contribution in [-0.2, 0) is 28.6 Å². The van der Waals surface area contributed by atoms with Crippen LogP contribution in [0.2, 0.25) is 0 Å². The lowest BCUT2D eigenvalue weighted by atomic mass is 10.0. The zero-order valence-corrected chi connectivity index (χ0v) is 48.7. The van der Waals surface area contributed by atoms with Crippen LogP contribution in [0, 0.1) is 0 Å². The molecule has 0 heterocycles. The Hall–Kier alpha value is -2.89. The Labute approximate surface area is 453 Å². The fraction of sp³-hybridized carbons (Fsp3) is 0.806. The molecule has 0 radical (unpaired) electrons. The van der Waals surface area contributed by atoms with Crippen molar-refractivity contribution in [1.29, 1.82) is 0 Å². The van der Waals surface area contributed by atoms with Crippen LogP contribution < -0.4 is 0 Å². The van der Waals surface area contributed by atoms with Crippen molar-refractivity contribution in [2.75, 3.05) is 13.2 Å². The van der Waals surface area contributed by atoms with Gasteiger partial charge in [0.05, 0.1) is 0 Å². The van der Waals surface area contributed by atoms with Gasteiger partial charge in [-0.2, -0.15) is 0 Å². The van der Waals surface area contributed by atoms with Gasteiger partial charge in [0.2, 0.25) is 0 Å². The lowest BCUT2D eigenvalue weighted by molar-refractivity contribution is -0.167. The number of carbonyl (C=O) groups excluding carboxylic acids is 3. The highest BCUT2D eigenvalue weighted by Gasteiger charge is 2.19. The topological polar surface area (TPSA) is 78.9 Å². The molecule has 424 valence electrons. The third-order valence-electron chi connectivity index (χ3n) is 14.0. The molecule has 0 aromatic carbocycles. The summed E-state index contributed by atoms with van der Waals surface area (Å²) in [4.78, 5) is 38.3. The number of carbonyl (C=O) groups is 3. The summed E-state index contributed by atoms with van der Waals surface area (Å²) in [6, 6.07) is 0. The Morgan fingerprint density at radius 1 is 0.288 bits per heavy atom. The summed E-state index contributed by atoms with van der Waals surface area (Å²) in [6.45, 7) is 6.55. The standard InChI is InChI=1S/C67H120O6/c1-4-7-10-13-16-19-22-25-28-30-32-34-36-37-39-42-45-48-51-54-57-60-66(69)72-63-64(62-71-65(68)59-56-53-50-47-44-41-27-24-21-18-15-12-9-6-3)73-67(70)61-58-55-52-49-46-43-40-38-35-33-31-29-26-23-20-17-14-11-8-5-2/h7,10,16,19,24-25,27-28,32,34,64H,4-6,8-9,11-15,17-18,20-23,26,29-31,33,35-63H2,1-3H3/b10-7-,19-16-,27-24-,28-25-,34-32-. The van der Waals surface area contributed by atoms with Gasteiger partial charge < -0.3 is 14.2 Å². The van der Waals surface area contributed by atoms with E-state index in [1.807, 2.05) is 0 Å². The molecule has 0 N–H and O–H groups in total. The molecule has 0 spiro atoms. The van der Waals surface area contributed by atoms with E-state index in [-0.39, 0.29) is 31.1 Å². The van der Waals surface area contributed by atoms with E-state index in [4.69, 9.17) is 14.2 Å². The lowest BCUT2D eigenvalue weighted by Gasteiger charge is -2.18. The molecular weight excluding hydrogens is 901 g/mol. The quantitative estimate of drug-likeness (QED) is 0.0261. The van der Waals surface area contributed by atoms with Crippen LogP contribution in [0.25, 0.3) is 0 Å². The van der Waals surface area contributed by atoms with Crippen molar-refractivity contribution in [3.63, 3.8) is 0 Å². The third-order valence-corrected chi connectivity index (χ3v) is 14.0. The van der Waals surface area contributed by atoms with Gasteiger partial charge >= 0.3 is 17.9 Å². The van der Waals surface area contributed by atoms with Crippen LogP contribution >= 0.6 is 0 Å². The molecule has 1 unspecified atom stereocenters. The Morgan fingerprint density at radius 3 is 0.849 bits per heavy atom. The molecule has 0 aliphatic rings. The molecule has 6 heteroatoms. The summed E-state index contributed by atoms with van der Waals surface area (Å²) in [6.07, 6.45) is 77.9. The van der Waals surface area contributed by atoms with Crippen molar-refractivity contribution in [1.82, 2.24) is 0 Å². The number of unbranched alkanes of at least 4 members (excludes halogenated alkanes) is 37. The number of ether oxygens (including phenoxy) is 3. The SMILES string of the molecule is CC/C=C\C/C=C\C/C=C\C/C=C\CCCCCCCCCCC(=O)OCC(COC(=O)CCCCCCC/C=C\CCCCCCC)OC(=O)CCCCCCCCCCCCCCCCCCCCCC. The summed E-state index contributed by atoms with van der Waals surface area (Å²) in [5, 5.41) is 0. The maximum Gasteiger partial charge on any atom is 0.306 e. The predicted molar refractivity (Wildman–Crippen MR) is 316 cm³/mol. The smallest absolute Gasteiger partial charge is 0.306 e. The van der Waals surface area contributed by atoms with Crippen LogP contribution in [0.1, 0.15) is 329 Å². The highest BCUT2D eigenvalue weighted by molar-refractivity contribution is 5.71. The summed E-state index contributed by atoms with van der Waals surface area (Å²) >= 11 is 0. The van der Waals surface area contributed by atoms with Crippen LogP contribution in [0.5, 0.6) is 0 Å². The number of hydrogen-bond acceptors (Lipinski definition) is 6. The molecule has 6 nitrogen and oxygen atoms in total. The molecule has 0 aliphatic carbocycles. The highest BCUT2D eigenvalue weighted by Crippen LogP contribution is 2.17. The highest BCUT2D eigenvalue weighted by atomic mass is 16.6. The molecule has 0 saturated carbocycles. The zero-order valence-electron chi connectivity index (χ0n) is 48.7. The Balaban J connectivity index is 4.34. The first-order valence-corrected chi connectivity index (χ1v) is 31.8. The lowest BCUT2D eigenvalue weighted by Crippen LogP contribution is -2.30. The van der Waals surface area contributed by atoms with Crippen molar-refractivity contribution in [3.05, 3.63) is 60.8 Å². The van der Waals surface area contributed by atoms with Crippen LogP contribution in [0.3, 0.4) is 0 Å². The van der Waals surface area contributed by atoms with Gasteiger partial charge in [0, 0.05) is 19.3 Å². The molecule has 0 fully saturated rings. The first-order chi connectivity index (χ1) is 36.0. The molecule has 0 aromatic heterocycles. The van der Waals surface area contributed by atoms with Gasteiger partial charge in [-0.1, -0.05) is 287 Å². The molecule has 1 atom stereocenters. The normalized spacial score (nSPS) is 12.4. The maximum absolute atomic E-state index is 12.9. The maximum atomic E-state index is 12.9. The van der Waals surface area contributed by atoms with Gasteiger partial charge in [-0.05, 0) is 83.5 Å². The van der Waals surface area contributed by atoms with E-state index in [9.17, 15) is 14.4 Å². The summed E-state index contributed by atoms with van der Waals surface area (Å²) in [5.41, 5.74) is 0. The molecule has 0 rings (SSSR count). The van der Waals surface area contributed by atoms with Crippen molar-refractivity contribution >= 4 is 17.9 Å². The Bertz CT molecular complexity index is 1310. The van der Waals surface area contributed by atoms with Gasteiger partial charge in [-0.3, -0.25) is 14.4 Å². The second-order valence-electron chi connectivity index (χ2n) is 21.3. The first-order valence-electron chi connectivity index (χ1n) is 31.8. The van der Waals surface area contributed by atoms with E-state index in [1.165, 1.54) is 193 Å². The minimum absolute atomic E-state index is 0.0779. The minimum atomic E-state index is -0.780. The second kappa shape index (κ2) is 61.7. The first kappa shape index (κ1) is 70.1. The number of rotatable bonds is 58. The monoisotopic (exact) mass is 1020 g/mol. The third kappa shape index (κ3) is 59.9. The molecule has 0 amide bonds. The van der Waals surface area contributed by atoms with E-state index < -0.39 is 6.10 Å². The molecular formula is C67H120O6. The van der Waals surface area contributed by atoms with Crippen LogP contribution in [0.15, 0.2) is 60.8 Å². The van der Waals surface area contributed by atoms with E-state index in [2.05, 4.69) is 81.5 Å². The van der Waals surface area contributed by atoms with E-state index in [1.54, 1.807) is 0 Å². The molecule has 0 aliphatic heterocycles. The van der Waals surface area contributed by atoms with Crippen molar-refractivity contribution < 1.29 is 28.6 Å². The summed E-state index contributed by atoms with van der Waals surface area (Å²) in [7, 11) is 0. The number of esters is 3.